The fraction of sp³-hybridized carbons (Fsp3) is 0.333. The van der Waals surface area contributed by atoms with Crippen LogP contribution in [-0.2, 0) is 9.59 Å². The van der Waals surface area contributed by atoms with E-state index in [9.17, 15) is 9.59 Å². The number of benzene rings is 1. The molecule has 2 amide bonds. The highest BCUT2D eigenvalue weighted by atomic mass is 35.5. The first-order valence-electron chi connectivity index (χ1n) is 5.48. The van der Waals surface area contributed by atoms with E-state index in [0.717, 1.165) is 5.69 Å². The van der Waals surface area contributed by atoms with Crippen molar-refractivity contribution in [2.24, 2.45) is 0 Å². The van der Waals surface area contributed by atoms with Crippen molar-refractivity contribution in [3.63, 3.8) is 0 Å². The van der Waals surface area contributed by atoms with Gasteiger partial charge in [-0.05, 0) is 12.1 Å². The average molecular weight is 272 g/mol. The summed E-state index contributed by atoms with van der Waals surface area (Å²) < 4.78 is 0. The molecule has 0 fully saturated rings. The van der Waals surface area contributed by atoms with E-state index < -0.39 is 0 Å². The van der Waals surface area contributed by atoms with Gasteiger partial charge in [-0.2, -0.15) is 0 Å². The second kappa shape index (κ2) is 9.30. The number of amides is 2. The largest absolute Gasteiger partial charge is 0.376 e. The second-order valence-electron chi connectivity index (χ2n) is 3.49. The Morgan fingerprint density at radius 3 is 2.39 bits per heavy atom. The van der Waals surface area contributed by atoms with E-state index >= 15 is 0 Å². The third-order valence-electron chi connectivity index (χ3n) is 2.18. The van der Waals surface area contributed by atoms with Gasteiger partial charge in [-0.25, -0.2) is 0 Å². The van der Waals surface area contributed by atoms with Gasteiger partial charge in [0.15, 0.2) is 0 Å². The molecule has 100 valence electrons. The number of carbonyl (C=O) groups is 2. The molecular weight excluding hydrogens is 254 g/mol. The maximum absolute atomic E-state index is 11.4. The van der Waals surface area contributed by atoms with Crippen LogP contribution in [0.2, 0.25) is 0 Å². The zero-order valence-electron chi connectivity index (χ0n) is 10.2. The van der Waals surface area contributed by atoms with Gasteiger partial charge in [0.1, 0.15) is 0 Å². The summed E-state index contributed by atoms with van der Waals surface area (Å²) in [5.74, 6) is -0.209. The SMILES string of the molecule is CNC(=O)CCNC(=O)CNc1ccccc1.Cl. The highest BCUT2D eigenvalue weighted by Crippen LogP contribution is 2.03. The molecule has 0 saturated carbocycles. The fourth-order valence-corrected chi connectivity index (χ4v) is 1.24. The number of carbonyl (C=O) groups excluding carboxylic acids is 2. The van der Waals surface area contributed by atoms with Crippen molar-refractivity contribution >= 4 is 29.9 Å². The van der Waals surface area contributed by atoms with Crippen molar-refractivity contribution in [3.05, 3.63) is 30.3 Å². The van der Waals surface area contributed by atoms with E-state index in [4.69, 9.17) is 0 Å². The second-order valence-corrected chi connectivity index (χ2v) is 3.49. The summed E-state index contributed by atoms with van der Waals surface area (Å²) >= 11 is 0. The van der Waals surface area contributed by atoms with Crippen molar-refractivity contribution < 1.29 is 9.59 Å². The van der Waals surface area contributed by atoms with Crippen LogP contribution < -0.4 is 16.0 Å². The molecule has 0 unspecified atom stereocenters. The summed E-state index contributed by atoms with van der Waals surface area (Å²) in [4.78, 5) is 22.3. The maximum Gasteiger partial charge on any atom is 0.239 e. The minimum Gasteiger partial charge on any atom is -0.376 e. The lowest BCUT2D eigenvalue weighted by molar-refractivity contribution is -0.121. The number of para-hydroxylation sites is 1. The van der Waals surface area contributed by atoms with Crippen LogP contribution in [0.15, 0.2) is 30.3 Å². The zero-order valence-corrected chi connectivity index (χ0v) is 11.0. The molecule has 1 aromatic rings. The maximum atomic E-state index is 11.4. The minimum atomic E-state index is -0.127. The predicted octanol–water partition coefficient (Wildman–Crippen LogP) is 0.773. The number of hydrogen-bond donors (Lipinski definition) is 3. The van der Waals surface area contributed by atoms with Crippen LogP contribution in [-0.4, -0.2) is 32.0 Å². The van der Waals surface area contributed by atoms with Crippen molar-refractivity contribution in [2.75, 3.05) is 25.5 Å². The number of rotatable bonds is 6. The van der Waals surface area contributed by atoms with Gasteiger partial charge in [-0.1, -0.05) is 18.2 Å². The van der Waals surface area contributed by atoms with Gasteiger partial charge in [-0.3, -0.25) is 9.59 Å². The first kappa shape index (κ1) is 16.2. The first-order valence-corrected chi connectivity index (χ1v) is 5.48. The van der Waals surface area contributed by atoms with Gasteiger partial charge >= 0.3 is 0 Å². The first-order chi connectivity index (χ1) is 8.22. The molecular formula is C12H18ClN3O2. The molecule has 5 nitrogen and oxygen atoms in total. The molecule has 0 aliphatic rings. The van der Waals surface area contributed by atoms with Crippen LogP contribution >= 0.6 is 12.4 Å². The van der Waals surface area contributed by atoms with Gasteiger partial charge in [0.2, 0.25) is 11.8 Å². The van der Waals surface area contributed by atoms with Crippen LogP contribution in [0.5, 0.6) is 0 Å². The molecule has 0 spiro atoms. The zero-order chi connectivity index (χ0) is 12.5. The lowest BCUT2D eigenvalue weighted by Crippen LogP contribution is -2.33. The Bertz CT molecular complexity index is 371. The molecule has 0 radical (unpaired) electrons. The lowest BCUT2D eigenvalue weighted by atomic mass is 10.3. The monoisotopic (exact) mass is 271 g/mol. The fourth-order valence-electron chi connectivity index (χ4n) is 1.24. The summed E-state index contributed by atoms with van der Waals surface area (Å²) in [6.07, 6.45) is 0.299. The minimum absolute atomic E-state index is 0. The Labute approximate surface area is 113 Å². The summed E-state index contributed by atoms with van der Waals surface area (Å²) in [5.41, 5.74) is 0.897. The van der Waals surface area contributed by atoms with E-state index in [0.29, 0.717) is 13.0 Å². The van der Waals surface area contributed by atoms with Crippen LogP contribution in [0, 0.1) is 0 Å². The van der Waals surface area contributed by atoms with Gasteiger partial charge in [0.05, 0.1) is 6.54 Å². The van der Waals surface area contributed by atoms with Gasteiger partial charge in [0.25, 0.3) is 0 Å². The number of nitrogens with one attached hydrogen (secondary N) is 3. The smallest absolute Gasteiger partial charge is 0.239 e. The van der Waals surface area contributed by atoms with Crippen molar-refractivity contribution in [3.8, 4) is 0 Å². The topological polar surface area (TPSA) is 70.2 Å². The lowest BCUT2D eigenvalue weighted by Gasteiger charge is -2.07. The molecule has 0 aromatic heterocycles. The Morgan fingerprint density at radius 1 is 1.11 bits per heavy atom. The predicted molar refractivity (Wildman–Crippen MR) is 73.9 cm³/mol. The molecule has 0 aliphatic carbocycles. The average Bonchev–Trinajstić information content (AvgIpc) is 2.37. The molecule has 6 heteroatoms. The molecule has 1 aromatic carbocycles. The summed E-state index contributed by atoms with van der Waals surface area (Å²) in [6.45, 7) is 0.562. The molecule has 0 saturated heterocycles. The van der Waals surface area contributed by atoms with E-state index in [1.807, 2.05) is 30.3 Å². The third-order valence-corrected chi connectivity index (χ3v) is 2.18. The molecule has 3 N–H and O–H groups in total. The normalized spacial score (nSPS) is 8.94. The van der Waals surface area contributed by atoms with E-state index in [1.54, 1.807) is 7.05 Å². The van der Waals surface area contributed by atoms with Crippen LogP contribution in [0.1, 0.15) is 6.42 Å². The van der Waals surface area contributed by atoms with Gasteiger partial charge in [-0.15, -0.1) is 12.4 Å². The van der Waals surface area contributed by atoms with E-state index in [-0.39, 0.29) is 30.8 Å². The van der Waals surface area contributed by atoms with Gasteiger partial charge < -0.3 is 16.0 Å². The summed E-state index contributed by atoms with van der Waals surface area (Å²) in [6, 6.07) is 9.47. The van der Waals surface area contributed by atoms with Crippen molar-refractivity contribution in [1.29, 1.82) is 0 Å². The Morgan fingerprint density at radius 2 is 1.78 bits per heavy atom. The standard InChI is InChI=1S/C12H17N3O2.ClH/c1-13-11(16)7-8-14-12(17)9-15-10-5-3-2-4-6-10;/h2-6,15H,7-9H2,1H3,(H,13,16)(H,14,17);1H. The van der Waals surface area contributed by atoms with Gasteiger partial charge in [0, 0.05) is 25.7 Å². The molecule has 0 aliphatic heterocycles. The molecule has 0 atom stereocenters. The highest BCUT2D eigenvalue weighted by molar-refractivity contribution is 5.85. The summed E-state index contributed by atoms with van der Waals surface area (Å²) in [5, 5.41) is 8.13. The Balaban J connectivity index is 0.00000289. The number of anilines is 1. The molecule has 0 bridgehead atoms. The summed E-state index contributed by atoms with van der Waals surface area (Å²) in [7, 11) is 1.57. The van der Waals surface area contributed by atoms with Crippen LogP contribution in [0.25, 0.3) is 0 Å². The quantitative estimate of drug-likeness (QED) is 0.716. The number of halogens is 1. The molecule has 0 heterocycles. The Hall–Kier alpha value is -1.75. The van der Waals surface area contributed by atoms with E-state index in [2.05, 4.69) is 16.0 Å². The molecule has 1 rings (SSSR count). The molecule has 18 heavy (non-hydrogen) atoms. The van der Waals surface area contributed by atoms with Crippen LogP contribution in [0.4, 0.5) is 5.69 Å². The Kier molecular flexibility index (Phi) is 8.39. The van der Waals surface area contributed by atoms with E-state index in [1.165, 1.54) is 0 Å². The third kappa shape index (κ3) is 6.75. The van der Waals surface area contributed by atoms with Crippen molar-refractivity contribution in [2.45, 2.75) is 6.42 Å². The van der Waals surface area contributed by atoms with Crippen LogP contribution in [0.3, 0.4) is 0 Å². The van der Waals surface area contributed by atoms with Crippen molar-refractivity contribution in [1.82, 2.24) is 10.6 Å². The number of hydrogen-bond acceptors (Lipinski definition) is 3. The highest BCUT2D eigenvalue weighted by Gasteiger charge is 2.02.